The first-order valence-electron chi connectivity index (χ1n) is 9.36. The molecule has 0 radical (unpaired) electrons. The Morgan fingerprint density at radius 1 is 1.04 bits per heavy atom. The van der Waals surface area contributed by atoms with Crippen molar-refractivity contribution < 1.29 is 19.0 Å². The number of methoxy groups -OCH3 is 1. The molecule has 0 heterocycles. The topological polar surface area (TPSA) is 56.8 Å². The molecule has 5 nitrogen and oxygen atoms in total. The minimum absolute atomic E-state index is 0.131. The number of ether oxygens (including phenoxy) is 3. The Balaban J connectivity index is 1.93. The maximum Gasteiger partial charge on any atom is 0.411 e. The van der Waals surface area contributed by atoms with E-state index in [-0.39, 0.29) is 13.2 Å². The van der Waals surface area contributed by atoms with Crippen LogP contribution in [0.3, 0.4) is 0 Å². The molecule has 0 aliphatic carbocycles. The fourth-order valence-electron chi connectivity index (χ4n) is 2.84. The van der Waals surface area contributed by atoms with Gasteiger partial charge in [0.15, 0.2) is 0 Å². The molecule has 0 aromatic heterocycles. The van der Waals surface area contributed by atoms with E-state index in [0.29, 0.717) is 28.3 Å². The zero-order valence-electron chi connectivity index (χ0n) is 17.0. The van der Waals surface area contributed by atoms with E-state index in [1.807, 2.05) is 0 Å². The summed E-state index contributed by atoms with van der Waals surface area (Å²) in [5.41, 5.74) is 2.80. The predicted molar refractivity (Wildman–Crippen MR) is 113 cm³/mol. The van der Waals surface area contributed by atoms with Crippen LogP contribution in [0.5, 0.6) is 11.5 Å². The molecule has 0 aliphatic heterocycles. The van der Waals surface area contributed by atoms with Crippen LogP contribution in [0, 0.1) is 0 Å². The monoisotopic (exact) mass is 405 g/mol. The van der Waals surface area contributed by atoms with Gasteiger partial charge in [0, 0.05) is 11.1 Å². The summed E-state index contributed by atoms with van der Waals surface area (Å²) in [4.78, 5) is 12.0. The fraction of sp³-hybridized carbons (Fsp3) is 0.409. The van der Waals surface area contributed by atoms with Crippen LogP contribution in [0.4, 0.5) is 10.5 Å². The van der Waals surface area contributed by atoms with Gasteiger partial charge in [0.25, 0.3) is 0 Å². The van der Waals surface area contributed by atoms with Gasteiger partial charge >= 0.3 is 6.09 Å². The summed E-state index contributed by atoms with van der Waals surface area (Å²) >= 11 is 5.92. The van der Waals surface area contributed by atoms with Crippen molar-refractivity contribution >= 4 is 23.4 Å². The molecule has 28 heavy (non-hydrogen) atoms. The Morgan fingerprint density at radius 3 is 2.25 bits per heavy atom. The second kappa shape index (κ2) is 10.2. The molecular formula is C22H28ClNO4. The van der Waals surface area contributed by atoms with Gasteiger partial charge in [-0.2, -0.15) is 0 Å². The van der Waals surface area contributed by atoms with Gasteiger partial charge in [-0.15, -0.1) is 0 Å². The van der Waals surface area contributed by atoms with Crippen LogP contribution in [0.25, 0.3) is 0 Å². The summed E-state index contributed by atoms with van der Waals surface area (Å²) < 4.78 is 16.4. The van der Waals surface area contributed by atoms with Crippen molar-refractivity contribution in [2.24, 2.45) is 0 Å². The van der Waals surface area contributed by atoms with E-state index in [2.05, 4.69) is 51.2 Å². The predicted octanol–water partition coefficient (Wildman–Crippen LogP) is 6.22. The van der Waals surface area contributed by atoms with E-state index in [4.69, 9.17) is 25.8 Å². The summed E-state index contributed by atoms with van der Waals surface area (Å²) in [6.45, 7) is 8.94. The van der Waals surface area contributed by atoms with Crippen molar-refractivity contribution in [2.45, 2.75) is 39.5 Å². The molecule has 152 valence electrons. The number of benzene rings is 2. The lowest BCUT2D eigenvalue weighted by Crippen LogP contribution is -2.18. The summed E-state index contributed by atoms with van der Waals surface area (Å²) in [6.07, 6.45) is -0.578. The lowest BCUT2D eigenvalue weighted by molar-refractivity contribution is 0.137. The Hall–Kier alpha value is -2.40. The molecule has 6 heteroatoms. The van der Waals surface area contributed by atoms with Crippen molar-refractivity contribution in [2.75, 3.05) is 25.6 Å². The maximum absolute atomic E-state index is 12.0. The zero-order valence-corrected chi connectivity index (χ0v) is 17.8. The number of hydrogen-bond acceptors (Lipinski definition) is 4. The Kier molecular flexibility index (Phi) is 8.00. The molecule has 0 atom stereocenters. The van der Waals surface area contributed by atoms with Crippen molar-refractivity contribution in [3.8, 4) is 11.5 Å². The molecule has 1 N–H and O–H groups in total. The number of carbonyl (C=O) groups is 1. The third kappa shape index (κ3) is 5.80. The molecule has 2 rings (SSSR count). The first-order valence-corrected chi connectivity index (χ1v) is 9.74. The average molecular weight is 406 g/mol. The second-order valence-corrected chi connectivity index (χ2v) is 7.47. The van der Waals surface area contributed by atoms with Gasteiger partial charge in [0.1, 0.15) is 24.7 Å². The summed E-state index contributed by atoms with van der Waals surface area (Å²) in [7, 11) is 1.51. The van der Waals surface area contributed by atoms with Crippen LogP contribution >= 0.6 is 11.6 Å². The first-order chi connectivity index (χ1) is 13.3. The van der Waals surface area contributed by atoms with E-state index in [0.717, 1.165) is 16.9 Å². The van der Waals surface area contributed by atoms with Gasteiger partial charge in [-0.05, 0) is 35.1 Å². The highest BCUT2D eigenvalue weighted by Gasteiger charge is 2.15. The highest BCUT2D eigenvalue weighted by Crippen LogP contribution is 2.34. The number of hydrogen-bond donors (Lipinski definition) is 1. The number of amides is 1. The standard InChI is InChI=1S/C22H28ClNO4/c1-14(2)17-7-6-8-18(15(3)4)21(17)27-11-12-28-22(25)24-19-10-9-16(23)13-20(19)26-5/h6-10,13-15H,11-12H2,1-5H3,(H,24,25). The molecule has 0 saturated heterocycles. The third-order valence-electron chi connectivity index (χ3n) is 4.28. The minimum Gasteiger partial charge on any atom is -0.495 e. The summed E-state index contributed by atoms with van der Waals surface area (Å²) in [5, 5.41) is 3.17. The number of anilines is 1. The van der Waals surface area contributed by atoms with Gasteiger partial charge in [0.2, 0.25) is 0 Å². The second-order valence-electron chi connectivity index (χ2n) is 7.03. The molecule has 0 fully saturated rings. The smallest absolute Gasteiger partial charge is 0.411 e. The average Bonchev–Trinajstić information content (AvgIpc) is 2.66. The molecule has 0 unspecified atom stereocenters. The van der Waals surface area contributed by atoms with Crippen molar-refractivity contribution in [3.63, 3.8) is 0 Å². The van der Waals surface area contributed by atoms with Crippen LogP contribution in [0.15, 0.2) is 36.4 Å². The van der Waals surface area contributed by atoms with Crippen LogP contribution in [-0.2, 0) is 4.74 Å². The van der Waals surface area contributed by atoms with Crippen LogP contribution in [-0.4, -0.2) is 26.4 Å². The van der Waals surface area contributed by atoms with E-state index in [1.165, 1.54) is 7.11 Å². The molecule has 0 spiro atoms. The number of para-hydroxylation sites is 1. The van der Waals surface area contributed by atoms with Gasteiger partial charge in [-0.3, -0.25) is 5.32 Å². The normalized spacial score (nSPS) is 10.9. The van der Waals surface area contributed by atoms with E-state index < -0.39 is 6.09 Å². The van der Waals surface area contributed by atoms with Crippen LogP contribution in [0.2, 0.25) is 5.02 Å². The lowest BCUT2D eigenvalue weighted by Gasteiger charge is -2.20. The van der Waals surface area contributed by atoms with Gasteiger partial charge in [-0.1, -0.05) is 57.5 Å². The van der Waals surface area contributed by atoms with Crippen molar-refractivity contribution in [1.82, 2.24) is 0 Å². The Labute approximate surface area is 171 Å². The van der Waals surface area contributed by atoms with Gasteiger partial charge in [-0.25, -0.2) is 4.79 Å². The minimum atomic E-state index is -0.578. The lowest BCUT2D eigenvalue weighted by atomic mass is 9.94. The van der Waals surface area contributed by atoms with E-state index in [1.54, 1.807) is 18.2 Å². The quantitative estimate of drug-likeness (QED) is 0.529. The molecule has 0 aliphatic rings. The highest BCUT2D eigenvalue weighted by molar-refractivity contribution is 6.30. The van der Waals surface area contributed by atoms with Crippen molar-refractivity contribution in [1.29, 1.82) is 0 Å². The summed E-state index contributed by atoms with van der Waals surface area (Å²) in [6, 6.07) is 11.2. The molecular weight excluding hydrogens is 378 g/mol. The number of nitrogens with one attached hydrogen (secondary N) is 1. The fourth-order valence-corrected chi connectivity index (χ4v) is 3.00. The Bertz CT molecular complexity index is 779. The molecule has 0 bridgehead atoms. The SMILES string of the molecule is COc1cc(Cl)ccc1NC(=O)OCCOc1c(C(C)C)cccc1C(C)C. The molecule has 1 amide bonds. The number of carbonyl (C=O) groups excluding carboxylic acids is 1. The van der Waals surface area contributed by atoms with Gasteiger partial charge < -0.3 is 14.2 Å². The van der Waals surface area contributed by atoms with Crippen LogP contribution < -0.4 is 14.8 Å². The third-order valence-corrected chi connectivity index (χ3v) is 4.52. The largest absolute Gasteiger partial charge is 0.495 e. The maximum atomic E-state index is 12.0. The van der Waals surface area contributed by atoms with E-state index in [9.17, 15) is 4.79 Å². The first kappa shape index (κ1) is 21.9. The van der Waals surface area contributed by atoms with Crippen LogP contribution in [0.1, 0.15) is 50.7 Å². The summed E-state index contributed by atoms with van der Waals surface area (Å²) in [5.74, 6) is 2.04. The Morgan fingerprint density at radius 2 is 1.68 bits per heavy atom. The molecule has 0 saturated carbocycles. The molecule has 2 aromatic rings. The zero-order chi connectivity index (χ0) is 20.7. The highest BCUT2D eigenvalue weighted by atomic mass is 35.5. The molecule has 2 aromatic carbocycles. The number of halogens is 1. The van der Waals surface area contributed by atoms with Crippen molar-refractivity contribution in [3.05, 3.63) is 52.5 Å². The van der Waals surface area contributed by atoms with E-state index >= 15 is 0 Å². The van der Waals surface area contributed by atoms with Gasteiger partial charge in [0.05, 0.1) is 12.8 Å². The number of rotatable bonds is 8.